The lowest BCUT2D eigenvalue weighted by Gasteiger charge is -2.11. The van der Waals surface area contributed by atoms with Crippen LogP contribution in [0.25, 0.3) is 11.1 Å². The fourth-order valence-corrected chi connectivity index (χ4v) is 2.61. The number of hydrogen-bond donors (Lipinski definition) is 1. The number of fused-ring (bicyclic) bond motifs is 1. The SMILES string of the molecule is CCC(CC)c1noc(N)c1-c1ccc2c(c1)OCO2. The predicted molar refractivity (Wildman–Crippen MR) is 75.8 cm³/mol. The van der Waals surface area contributed by atoms with E-state index in [1.807, 2.05) is 18.2 Å². The van der Waals surface area contributed by atoms with Crippen molar-refractivity contribution in [2.24, 2.45) is 0 Å². The first-order chi connectivity index (χ1) is 9.74. The van der Waals surface area contributed by atoms with Crippen LogP contribution in [0.2, 0.25) is 0 Å². The molecular weight excluding hydrogens is 256 g/mol. The van der Waals surface area contributed by atoms with Crippen molar-refractivity contribution in [2.75, 3.05) is 12.5 Å². The van der Waals surface area contributed by atoms with E-state index in [1.54, 1.807) is 0 Å². The normalized spacial score (nSPS) is 13.2. The topological polar surface area (TPSA) is 70.5 Å². The van der Waals surface area contributed by atoms with Gasteiger partial charge in [-0.15, -0.1) is 0 Å². The standard InChI is InChI=1S/C15H18N2O3/c1-3-9(4-2)14-13(15(16)20-17-14)10-5-6-11-12(7-10)19-8-18-11/h5-7,9H,3-4,8,16H2,1-2H3. The molecule has 1 aromatic heterocycles. The molecule has 0 atom stereocenters. The summed E-state index contributed by atoms with van der Waals surface area (Å²) in [6, 6.07) is 5.78. The first-order valence-corrected chi connectivity index (χ1v) is 6.89. The van der Waals surface area contributed by atoms with Crippen molar-refractivity contribution in [3.8, 4) is 22.6 Å². The van der Waals surface area contributed by atoms with E-state index in [0.29, 0.717) is 11.8 Å². The fraction of sp³-hybridized carbons (Fsp3) is 0.400. The maximum absolute atomic E-state index is 5.96. The predicted octanol–water partition coefficient (Wildman–Crippen LogP) is 3.56. The molecule has 2 heterocycles. The van der Waals surface area contributed by atoms with Crippen LogP contribution >= 0.6 is 0 Å². The van der Waals surface area contributed by atoms with Crippen LogP contribution in [0.3, 0.4) is 0 Å². The summed E-state index contributed by atoms with van der Waals surface area (Å²) in [5.41, 5.74) is 8.71. The lowest BCUT2D eigenvalue weighted by Crippen LogP contribution is -1.99. The molecule has 2 N–H and O–H groups in total. The summed E-state index contributed by atoms with van der Waals surface area (Å²) in [4.78, 5) is 0. The van der Waals surface area contributed by atoms with Crippen LogP contribution in [0.1, 0.15) is 38.3 Å². The van der Waals surface area contributed by atoms with E-state index in [9.17, 15) is 0 Å². The van der Waals surface area contributed by atoms with Gasteiger partial charge in [0.25, 0.3) is 0 Å². The van der Waals surface area contributed by atoms with Gasteiger partial charge in [-0.25, -0.2) is 0 Å². The first-order valence-electron chi connectivity index (χ1n) is 6.89. The Morgan fingerprint density at radius 2 is 1.95 bits per heavy atom. The largest absolute Gasteiger partial charge is 0.454 e. The van der Waals surface area contributed by atoms with Gasteiger partial charge in [-0.2, -0.15) is 0 Å². The second-order valence-corrected chi connectivity index (χ2v) is 4.89. The highest BCUT2D eigenvalue weighted by molar-refractivity contribution is 5.77. The third-order valence-corrected chi connectivity index (χ3v) is 3.78. The zero-order valence-corrected chi connectivity index (χ0v) is 11.7. The van der Waals surface area contributed by atoms with Crippen LogP contribution in [0.4, 0.5) is 5.88 Å². The number of nitrogen functional groups attached to an aromatic ring is 1. The third kappa shape index (κ3) is 1.99. The van der Waals surface area contributed by atoms with Crippen LogP contribution in [0.15, 0.2) is 22.7 Å². The highest BCUT2D eigenvalue weighted by Gasteiger charge is 2.23. The molecule has 106 valence electrons. The summed E-state index contributed by atoms with van der Waals surface area (Å²) in [6.45, 7) is 4.54. The molecule has 0 bridgehead atoms. The second-order valence-electron chi connectivity index (χ2n) is 4.89. The van der Waals surface area contributed by atoms with Gasteiger partial charge in [-0.3, -0.25) is 0 Å². The van der Waals surface area contributed by atoms with Gasteiger partial charge < -0.3 is 19.7 Å². The van der Waals surface area contributed by atoms with Gasteiger partial charge in [0.1, 0.15) is 0 Å². The van der Waals surface area contributed by atoms with Crippen molar-refractivity contribution in [2.45, 2.75) is 32.6 Å². The first kappa shape index (κ1) is 12.8. The summed E-state index contributed by atoms with van der Waals surface area (Å²) in [5.74, 6) is 2.19. The van der Waals surface area contributed by atoms with Gasteiger partial charge in [0, 0.05) is 5.92 Å². The molecule has 0 amide bonds. The maximum atomic E-state index is 5.96. The molecule has 0 unspecified atom stereocenters. The molecule has 1 aliphatic rings. The Bertz CT molecular complexity index is 618. The third-order valence-electron chi connectivity index (χ3n) is 3.78. The molecule has 2 aromatic rings. The van der Waals surface area contributed by atoms with Crippen molar-refractivity contribution < 1.29 is 14.0 Å². The number of hydrogen-bond acceptors (Lipinski definition) is 5. The lowest BCUT2D eigenvalue weighted by molar-refractivity contribution is 0.174. The van der Waals surface area contributed by atoms with Crippen molar-refractivity contribution >= 4 is 5.88 Å². The van der Waals surface area contributed by atoms with Gasteiger partial charge in [-0.1, -0.05) is 25.1 Å². The van der Waals surface area contributed by atoms with Crippen LogP contribution in [-0.2, 0) is 0 Å². The van der Waals surface area contributed by atoms with E-state index in [1.165, 1.54) is 0 Å². The Hall–Kier alpha value is -2.17. The number of rotatable bonds is 4. The Balaban J connectivity index is 2.07. The lowest BCUT2D eigenvalue weighted by atomic mass is 9.93. The van der Waals surface area contributed by atoms with E-state index < -0.39 is 0 Å². The molecule has 3 rings (SSSR count). The average molecular weight is 274 g/mol. The van der Waals surface area contributed by atoms with Crippen molar-refractivity contribution in [1.82, 2.24) is 5.16 Å². The zero-order valence-electron chi connectivity index (χ0n) is 11.7. The monoisotopic (exact) mass is 274 g/mol. The van der Waals surface area contributed by atoms with Crippen LogP contribution < -0.4 is 15.2 Å². The van der Waals surface area contributed by atoms with Gasteiger partial charge in [0.05, 0.1) is 11.3 Å². The van der Waals surface area contributed by atoms with E-state index >= 15 is 0 Å². The van der Waals surface area contributed by atoms with Gasteiger partial charge >= 0.3 is 0 Å². The molecule has 0 spiro atoms. The Labute approximate surface area is 117 Å². The van der Waals surface area contributed by atoms with Crippen LogP contribution in [0, 0.1) is 0 Å². The van der Waals surface area contributed by atoms with Gasteiger partial charge in [0.2, 0.25) is 12.7 Å². The van der Waals surface area contributed by atoms with Crippen LogP contribution in [-0.4, -0.2) is 11.9 Å². The summed E-state index contributed by atoms with van der Waals surface area (Å²) < 4.78 is 16.0. The summed E-state index contributed by atoms with van der Waals surface area (Å²) in [5, 5.41) is 4.16. The Kier molecular flexibility index (Phi) is 3.26. The van der Waals surface area contributed by atoms with Gasteiger partial charge in [0.15, 0.2) is 11.5 Å². The second kappa shape index (κ2) is 5.07. The molecular formula is C15H18N2O3. The van der Waals surface area contributed by atoms with E-state index in [-0.39, 0.29) is 6.79 Å². The van der Waals surface area contributed by atoms with Crippen molar-refractivity contribution in [1.29, 1.82) is 0 Å². The molecule has 5 nitrogen and oxygen atoms in total. The number of ether oxygens (including phenoxy) is 2. The molecule has 0 aliphatic carbocycles. The number of nitrogens with zero attached hydrogens (tertiary/aromatic N) is 1. The van der Waals surface area contributed by atoms with Crippen molar-refractivity contribution in [3.05, 3.63) is 23.9 Å². The maximum Gasteiger partial charge on any atom is 0.231 e. The Morgan fingerprint density at radius 3 is 2.70 bits per heavy atom. The molecule has 5 heteroatoms. The number of nitrogens with two attached hydrogens (primary N) is 1. The molecule has 0 saturated heterocycles. The molecule has 1 aromatic carbocycles. The number of aromatic nitrogens is 1. The smallest absolute Gasteiger partial charge is 0.231 e. The molecule has 0 radical (unpaired) electrons. The van der Waals surface area contributed by atoms with Crippen LogP contribution in [0.5, 0.6) is 11.5 Å². The molecule has 0 fully saturated rings. The van der Waals surface area contributed by atoms with Gasteiger partial charge in [-0.05, 0) is 30.5 Å². The fourth-order valence-electron chi connectivity index (χ4n) is 2.61. The molecule has 20 heavy (non-hydrogen) atoms. The van der Waals surface area contributed by atoms with E-state index in [4.69, 9.17) is 19.7 Å². The molecule has 1 aliphatic heterocycles. The minimum atomic E-state index is 0.261. The quantitative estimate of drug-likeness (QED) is 0.923. The zero-order chi connectivity index (χ0) is 14.1. The van der Waals surface area contributed by atoms with Crippen molar-refractivity contribution in [3.63, 3.8) is 0 Å². The Morgan fingerprint density at radius 1 is 1.20 bits per heavy atom. The number of anilines is 1. The minimum Gasteiger partial charge on any atom is -0.454 e. The molecule has 0 saturated carbocycles. The summed E-state index contributed by atoms with van der Waals surface area (Å²) in [6.07, 6.45) is 2.00. The minimum absolute atomic E-state index is 0.261. The van der Waals surface area contributed by atoms with E-state index in [2.05, 4.69) is 19.0 Å². The number of benzene rings is 1. The summed E-state index contributed by atoms with van der Waals surface area (Å²) in [7, 11) is 0. The highest BCUT2D eigenvalue weighted by atomic mass is 16.7. The van der Waals surface area contributed by atoms with E-state index in [0.717, 1.165) is 41.2 Å². The highest BCUT2D eigenvalue weighted by Crippen LogP contribution is 2.41. The summed E-state index contributed by atoms with van der Waals surface area (Å²) >= 11 is 0. The average Bonchev–Trinajstić information content (AvgIpc) is 3.06.